The van der Waals surface area contributed by atoms with Gasteiger partial charge in [-0.15, -0.1) is 0 Å². The number of ether oxygens (including phenoxy) is 1. The van der Waals surface area contributed by atoms with E-state index < -0.39 is 5.41 Å². The van der Waals surface area contributed by atoms with Gasteiger partial charge in [0.2, 0.25) is 5.91 Å². The first-order valence-electron chi connectivity index (χ1n) is 8.59. The molecule has 5 heteroatoms. The molecular weight excluding hydrogens is 328 g/mol. The van der Waals surface area contributed by atoms with Crippen LogP contribution in [-0.4, -0.2) is 25.2 Å². The van der Waals surface area contributed by atoms with Crippen molar-refractivity contribution in [2.75, 3.05) is 19.1 Å². The van der Waals surface area contributed by atoms with Crippen molar-refractivity contribution in [2.45, 2.75) is 18.3 Å². The van der Waals surface area contributed by atoms with Crippen molar-refractivity contribution < 1.29 is 14.1 Å². The predicted molar refractivity (Wildman–Crippen MR) is 99.3 cm³/mol. The Morgan fingerprint density at radius 3 is 2.58 bits per heavy atom. The molecule has 0 saturated heterocycles. The van der Waals surface area contributed by atoms with E-state index in [2.05, 4.69) is 5.16 Å². The van der Waals surface area contributed by atoms with Crippen LogP contribution in [0.1, 0.15) is 18.5 Å². The zero-order valence-corrected chi connectivity index (χ0v) is 14.8. The summed E-state index contributed by atoms with van der Waals surface area (Å²) < 4.78 is 10.8. The summed E-state index contributed by atoms with van der Waals surface area (Å²) in [5.74, 6) is 1.44. The number of benzene rings is 2. The quantitative estimate of drug-likeness (QED) is 0.698. The Morgan fingerprint density at radius 2 is 1.88 bits per heavy atom. The zero-order chi connectivity index (χ0) is 18.1. The van der Waals surface area contributed by atoms with Crippen LogP contribution in [0.2, 0.25) is 0 Å². The van der Waals surface area contributed by atoms with Gasteiger partial charge in [-0.1, -0.05) is 35.5 Å². The molecule has 0 spiro atoms. The molecule has 1 aromatic heterocycles. The molecule has 0 N–H and O–H groups in total. The van der Waals surface area contributed by atoms with Gasteiger partial charge in [-0.2, -0.15) is 0 Å². The lowest BCUT2D eigenvalue weighted by atomic mass is 9.99. The molecule has 1 aliphatic rings. The molecule has 0 unspecified atom stereocenters. The summed E-state index contributed by atoms with van der Waals surface area (Å²) in [6.07, 6.45) is 1.57. The summed E-state index contributed by atoms with van der Waals surface area (Å²) in [6, 6.07) is 19.1. The molecule has 0 bridgehead atoms. The molecule has 1 heterocycles. The van der Waals surface area contributed by atoms with Crippen LogP contribution in [0.4, 0.5) is 5.69 Å². The summed E-state index contributed by atoms with van der Waals surface area (Å²) in [7, 11) is 3.43. The molecule has 3 aromatic rings. The number of likely N-dealkylation sites (N-methyl/N-ethyl adjacent to an activating group) is 1. The fourth-order valence-electron chi connectivity index (χ4n) is 3.21. The summed E-state index contributed by atoms with van der Waals surface area (Å²) in [6.45, 7) is 0. The lowest BCUT2D eigenvalue weighted by molar-refractivity contribution is -0.120. The SMILES string of the molecule is COc1cccc(-c2cc(C3(C(=O)N(C)c4ccccc4)CC3)no2)c1. The van der Waals surface area contributed by atoms with E-state index in [4.69, 9.17) is 9.26 Å². The summed E-state index contributed by atoms with van der Waals surface area (Å²) in [5.41, 5.74) is 1.87. The molecule has 5 nitrogen and oxygen atoms in total. The second kappa shape index (κ2) is 6.33. The Bertz CT molecular complexity index is 929. The zero-order valence-electron chi connectivity index (χ0n) is 14.8. The molecule has 0 aliphatic heterocycles. The van der Waals surface area contributed by atoms with Crippen LogP contribution in [0.5, 0.6) is 5.75 Å². The molecule has 2 aromatic carbocycles. The number of rotatable bonds is 5. The molecule has 1 aliphatic carbocycles. The maximum absolute atomic E-state index is 13.1. The molecule has 1 fully saturated rings. The van der Waals surface area contributed by atoms with Crippen molar-refractivity contribution in [3.05, 3.63) is 66.4 Å². The Hall–Kier alpha value is -3.08. The fourth-order valence-corrected chi connectivity index (χ4v) is 3.21. The van der Waals surface area contributed by atoms with E-state index in [0.29, 0.717) is 11.5 Å². The third kappa shape index (κ3) is 2.75. The van der Waals surface area contributed by atoms with E-state index in [9.17, 15) is 4.79 Å². The lowest BCUT2D eigenvalue weighted by Gasteiger charge is -2.22. The highest BCUT2D eigenvalue weighted by molar-refractivity contribution is 6.02. The number of methoxy groups -OCH3 is 1. The highest BCUT2D eigenvalue weighted by atomic mass is 16.5. The highest BCUT2D eigenvalue weighted by Gasteiger charge is 2.55. The number of hydrogen-bond acceptors (Lipinski definition) is 4. The number of hydrogen-bond donors (Lipinski definition) is 0. The smallest absolute Gasteiger partial charge is 0.239 e. The number of para-hydroxylation sites is 1. The number of nitrogens with zero attached hydrogens (tertiary/aromatic N) is 2. The second-order valence-corrected chi connectivity index (χ2v) is 6.59. The third-order valence-electron chi connectivity index (χ3n) is 4.96. The van der Waals surface area contributed by atoms with Gasteiger partial charge < -0.3 is 14.2 Å². The number of carbonyl (C=O) groups excluding carboxylic acids is 1. The first kappa shape index (κ1) is 16.4. The Balaban J connectivity index is 1.61. The van der Waals surface area contributed by atoms with E-state index in [0.717, 1.165) is 29.8 Å². The third-order valence-corrected chi connectivity index (χ3v) is 4.96. The minimum absolute atomic E-state index is 0.0502. The van der Waals surface area contributed by atoms with Gasteiger partial charge in [-0.25, -0.2) is 0 Å². The van der Waals surface area contributed by atoms with Crippen LogP contribution in [0.15, 0.2) is 65.2 Å². The van der Waals surface area contributed by atoms with Gasteiger partial charge in [0.1, 0.15) is 5.75 Å². The fraction of sp³-hybridized carbons (Fsp3) is 0.238. The maximum atomic E-state index is 13.1. The molecular formula is C21H20N2O3. The lowest BCUT2D eigenvalue weighted by Crippen LogP contribution is -2.36. The van der Waals surface area contributed by atoms with Crippen molar-refractivity contribution in [3.8, 4) is 17.1 Å². The summed E-state index contributed by atoms with van der Waals surface area (Å²) in [4.78, 5) is 14.8. The van der Waals surface area contributed by atoms with E-state index in [1.54, 1.807) is 19.1 Å². The number of anilines is 1. The van der Waals surface area contributed by atoms with Gasteiger partial charge in [0.15, 0.2) is 5.76 Å². The van der Waals surface area contributed by atoms with Gasteiger partial charge in [-0.3, -0.25) is 4.79 Å². The van der Waals surface area contributed by atoms with Gasteiger partial charge in [-0.05, 0) is 37.1 Å². The van der Waals surface area contributed by atoms with E-state index in [1.165, 1.54) is 0 Å². The highest BCUT2D eigenvalue weighted by Crippen LogP contribution is 2.50. The van der Waals surface area contributed by atoms with Crippen molar-refractivity contribution in [2.24, 2.45) is 0 Å². The van der Waals surface area contributed by atoms with Crippen molar-refractivity contribution in [3.63, 3.8) is 0 Å². The number of aromatic nitrogens is 1. The van der Waals surface area contributed by atoms with E-state index in [1.807, 2.05) is 60.7 Å². The van der Waals surface area contributed by atoms with Gasteiger partial charge >= 0.3 is 0 Å². The molecule has 26 heavy (non-hydrogen) atoms. The minimum atomic E-state index is -0.578. The first-order valence-corrected chi connectivity index (χ1v) is 8.59. The van der Waals surface area contributed by atoms with Crippen molar-refractivity contribution in [1.29, 1.82) is 0 Å². The minimum Gasteiger partial charge on any atom is -0.497 e. The Labute approximate surface area is 152 Å². The Morgan fingerprint density at radius 1 is 1.12 bits per heavy atom. The summed E-state index contributed by atoms with van der Waals surface area (Å²) in [5, 5.41) is 4.22. The van der Waals surface area contributed by atoms with Gasteiger partial charge in [0.05, 0.1) is 18.2 Å². The molecule has 4 rings (SSSR count). The molecule has 1 amide bonds. The van der Waals surface area contributed by atoms with Crippen LogP contribution in [0.3, 0.4) is 0 Å². The normalized spacial score (nSPS) is 14.7. The van der Waals surface area contributed by atoms with E-state index in [-0.39, 0.29) is 5.91 Å². The molecule has 132 valence electrons. The van der Waals surface area contributed by atoms with Crippen molar-refractivity contribution in [1.82, 2.24) is 5.16 Å². The summed E-state index contributed by atoms with van der Waals surface area (Å²) >= 11 is 0. The monoisotopic (exact) mass is 348 g/mol. The molecule has 0 atom stereocenters. The van der Waals surface area contributed by atoms with Crippen LogP contribution >= 0.6 is 0 Å². The van der Waals surface area contributed by atoms with Crippen LogP contribution < -0.4 is 9.64 Å². The number of amides is 1. The van der Waals surface area contributed by atoms with Gasteiger partial charge in [0.25, 0.3) is 0 Å². The topological polar surface area (TPSA) is 55.6 Å². The average Bonchev–Trinajstić information content (AvgIpc) is 3.36. The molecule has 0 radical (unpaired) electrons. The van der Waals surface area contributed by atoms with Crippen LogP contribution in [-0.2, 0) is 10.2 Å². The number of carbonyl (C=O) groups is 1. The first-order chi connectivity index (χ1) is 12.6. The van der Waals surface area contributed by atoms with Crippen LogP contribution in [0, 0.1) is 0 Å². The molecule has 1 saturated carbocycles. The van der Waals surface area contributed by atoms with Crippen LogP contribution in [0.25, 0.3) is 11.3 Å². The van der Waals surface area contributed by atoms with Gasteiger partial charge in [0, 0.05) is 24.4 Å². The standard InChI is InChI=1S/C21H20N2O3/c1-23(16-8-4-3-5-9-16)20(24)21(11-12-21)19-14-18(26-22-19)15-7-6-10-17(13-15)25-2/h3-10,13-14H,11-12H2,1-2H3. The maximum Gasteiger partial charge on any atom is 0.239 e. The largest absolute Gasteiger partial charge is 0.497 e. The van der Waals surface area contributed by atoms with E-state index >= 15 is 0 Å². The Kier molecular flexibility index (Phi) is 3.99. The average molecular weight is 348 g/mol. The predicted octanol–water partition coefficient (Wildman–Crippen LogP) is 4.04. The van der Waals surface area contributed by atoms with Crippen molar-refractivity contribution >= 4 is 11.6 Å². The second-order valence-electron chi connectivity index (χ2n) is 6.59.